The summed E-state index contributed by atoms with van der Waals surface area (Å²) in [6.07, 6.45) is 0.306. The van der Waals surface area contributed by atoms with Gasteiger partial charge in [0.05, 0.1) is 18.9 Å². The van der Waals surface area contributed by atoms with Crippen molar-refractivity contribution in [2.24, 2.45) is 5.10 Å². The molecule has 1 heterocycles. The molecule has 0 aromatic heterocycles. The van der Waals surface area contributed by atoms with Crippen molar-refractivity contribution < 1.29 is 23.1 Å². The van der Waals surface area contributed by atoms with Gasteiger partial charge in [-0.2, -0.15) is 5.10 Å². The number of carbonyl (C=O) groups excluding carboxylic acids is 2. The predicted octanol–water partition coefficient (Wildman–Crippen LogP) is 4.42. The van der Waals surface area contributed by atoms with Crippen LogP contribution in [0, 0.1) is 11.6 Å². The summed E-state index contributed by atoms with van der Waals surface area (Å²) in [6.45, 7) is -0.282. The van der Waals surface area contributed by atoms with E-state index in [2.05, 4.69) is 5.10 Å². The predicted molar refractivity (Wildman–Crippen MR) is 123 cm³/mol. The number of nitrogens with zero attached hydrogens (tertiary/aromatic N) is 3. The van der Waals surface area contributed by atoms with Gasteiger partial charge in [-0.05, 0) is 42.0 Å². The van der Waals surface area contributed by atoms with E-state index < -0.39 is 29.5 Å². The average Bonchev–Trinajstić information content (AvgIpc) is 3.29. The van der Waals surface area contributed by atoms with Crippen molar-refractivity contribution in [3.63, 3.8) is 0 Å². The van der Waals surface area contributed by atoms with E-state index in [-0.39, 0.29) is 12.1 Å². The first kappa shape index (κ1) is 23.1. The van der Waals surface area contributed by atoms with Crippen LogP contribution in [0.25, 0.3) is 0 Å². The number of ether oxygens (including phenoxy) is 1. The fourth-order valence-electron chi connectivity index (χ4n) is 3.87. The molecule has 0 spiro atoms. The lowest BCUT2D eigenvalue weighted by atomic mass is 9.98. The minimum atomic E-state index is -0.538. The van der Waals surface area contributed by atoms with Gasteiger partial charge in [-0.15, -0.1) is 0 Å². The SMILES string of the molecule is COc1ccc([C@@H]2CC(c3ccccc3F)=NN2C(=O)CN(C)C(=O)c2cccc(F)c2)cc1. The van der Waals surface area contributed by atoms with Crippen molar-refractivity contribution in [1.29, 1.82) is 0 Å². The van der Waals surface area contributed by atoms with Crippen molar-refractivity contribution >= 4 is 17.5 Å². The first-order valence-corrected chi connectivity index (χ1v) is 10.7. The fraction of sp³-hybridized carbons (Fsp3) is 0.192. The Hall–Kier alpha value is -4.07. The van der Waals surface area contributed by atoms with Gasteiger partial charge in [-0.25, -0.2) is 13.8 Å². The molecular formula is C26H23F2N3O3. The number of hydrazone groups is 1. The molecule has 0 saturated heterocycles. The molecule has 174 valence electrons. The second kappa shape index (κ2) is 9.82. The number of hydrogen-bond donors (Lipinski definition) is 0. The van der Waals surface area contributed by atoms with Crippen LogP contribution >= 0.6 is 0 Å². The van der Waals surface area contributed by atoms with Crippen LogP contribution in [-0.4, -0.2) is 48.1 Å². The molecule has 6 nitrogen and oxygen atoms in total. The van der Waals surface area contributed by atoms with E-state index in [1.165, 1.54) is 41.2 Å². The second-order valence-electron chi connectivity index (χ2n) is 7.93. The van der Waals surface area contributed by atoms with Crippen LogP contribution in [0.3, 0.4) is 0 Å². The smallest absolute Gasteiger partial charge is 0.262 e. The summed E-state index contributed by atoms with van der Waals surface area (Å²) in [5.41, 5.74) is 1.69. The van der Waals surface area contributed by atoms with Crippen LogP contribution in [-0.2, 0) is 4.79 Å². The highest BCUT2D eigenvalue weighted by Crippen LogP contribution is 2.34. The van der Waals surface area contributed by atoms with E-state index in [4.69, 9.17) is 4.74 Å². The maximum atomic E-state index is 14.4. The Balaban J connectivity index is 1.60. The summed E-state index contributed by atoms with van der Waals surface area (Å²) in [4.78, 5) is 27.2. The number of hydrogen-bond acceptors (Lipinski definition) is 4. The zero-order chi connectivity index (χ0) is 24.2. The zero-order valence-corrected chi connectivity index (χ0v) is 18.7. The van der Waals surface area contributed by atoms with E-state index in [9.17, 15) is 18.4 Å². The molecule has 0 unspecified atom stereocenters. The molecule has 0 aliphatic carbocycles. The second-order valence-corrected chi connectivity index (χ2v) is 7.93. The monoisotopic (exact) mass is 463 g/mol. The lowest BCUT2D eigenvalue weighted by Gasteiger charge is -2.25. The highest BCUT2D eigenvalue weighted by molar-refractivity contribution is 6.04. The van der Waals surface area contributed by atoms with Crippen LogP contribution in [0.4, 0.5) is 8.78 Å². The van der Waals surface area contributed by atoms with E-state index in [1.807, 2.05) is 12.1 Å². The maximum absolute atomic E-state index is 14.4. The van der Waals surface area contributed by atoms with Gasteiger partial charge < -0.3 is 9.64 Å². The van der Waals surface area contributed by atoms with Crippen molar-refractivity contribution in [2.75, 3.05) is 20.7 Å². The molecule has 0 bridgehead atoms. The topological polar surface area (TPSA) is 62.2 Å². The molecule has 4 rings (SSSR count). The summed E-state index contributed by atoms with van der Waals surface area (Å²) >= 11 is 0. The van der Waals surface area contributed by atoms with Gasteiger partial charge >= 0.3 is 0 Å². The first-order chi connectivity index (χ1) is 16.4. The standard InChI is InChI=1S/C26H23F2N3O3/c1-30(26(33)18-6-5-7-19(27)14-18)16-25(32)31-24(17-10-12-20(34-2)13-11-17)15-23(29-31)21-8-3-4-9-22(21)28/h3-14,24H,15-16H2,1-2H3/t24-/m0/s1. The minimum Gasteiger partial charge on any atom is -0.497 e. The van der Waals surface area contributed by atoms with Crippen molar-refractivity contribution in [3.05, 3.63) is 101 Å². The number of methoxy groups -OCH3 is 1. The van der Waals surface area contributed by atoms with Crippen LogP contribution in [0.5, 0.6) is 5.75 Å². The van der Waals surface area contributed by atoms with Gasteiger partial charge in [0.2, 0.25) is 0 Å². The number of likely N-dealkylation sites (N-methyl/N-ethyl adjacent to an activating group) is 1. The molecule has 0 radical (unpaired) electrons. The van der Waals surface area contributed by atoms with Crippen LogP contribution < -0.4 is 4.74 Å². The number of benzene rings is 3. The van der Waals surface area contributed by atoms with E-state index in [0.717, 1.165) is 11.6 Å². The lowest BCUT2D eigenvalue weighted by Crippen LogP contribution is -2.39. The van der Waals surface area contributed by atoms with Gasteiger partial charge in [0.25, 0.3) is 11.8 Å². The molecule has 1 aliphatic heterocycles. The Morgan fingerprint density at radius 3 is 2.47 bits per heavy atom. The molecule has 3 aromatic carbocycles. The van der Waals surface area contributed by atoms with E-state index in [1.54, 1.807) is 37.4 Å². The maximum Gasteiger partial charge on any atom is 0.262 e. The summed E-state index contributed by atoms with van der Waals surface area (Å²) in [5, 5.41) is 5.74. The Morgan fingerprint density at radius 2 is 1.79 bits per heavy atom. The van der Waals surface area contributed by atoms with Gasteiger partial charge in [0.1, 0.15) is 23.9 Å². The molecule has 0 fully saturated rings. The van der Waals surface area contributed by atoms with E-state index >= 15 is 0 Å². The molecule has 1 aliphatic rings. The molecule has 1 atom stereocenters. The van der Waals surface area contributed by atoms with Gasteiger partial charge in [0.15, 0.2) is 0 Å². The Kier molecular flexibility index (Phi) is 6.67. The quantitative estimate of drug-likeness (QED) is 0.544. The summed E-state index contributed by atoms with van der Waals surface area (Å²) < 4.78 is 33.2. The van der Waals surface area contributed by atoms with Crippen molar-refractivity contribution in [2.45, 2.75) is 12.5 Å². The fourth-order valence-corrected chi connectivity index (χ4v) is 3.87. The summed E-state index contributed by atoms with van der Waals surface area (Å²) in [5.74, 6) is -1.24. The summed E-state index contributed by atoms with van der Waals surface area (Å²) in [7, 11) is 3.02. The van der Waals surface area contributed by atoms with Crippen LogP contribution in [0.1, 0.15) is 33.9 Å². The molecule has 0 saturated carbocycles. The Morgan fingerprint density at radius 1 is 1.06 bits per heavy atom. The number of rotatable bonds is 6. The highest BCUT2D eigenvalue weighted by atomic mass is 19.1. The Bertz CT molecular complexity index is 1240. The lowest BCUT2D eigenvalue weighted by molar-refractivity contribution is -0.133. The molecule has 2 amide bonds. The van der Waals surface area contributed by atoms with E-state index in [0.29, 0.717) is 23.4 Å². The van der Waals surface area contributed by atoms with Crippen LogP contribution in [0.2, 0.25) is 0 Å². The van der Waals surface area contributed by atoms with Gasteiger partial charge in [-0.3, -0.25) is 9.59 Å². The summed E-state index contributed by atoms with van der Waals surface area (Å²) in [6, 6.07) is 18.3. The molecule has 34 heavy (non-hydrogen) atoms. The third kappa shape index (κ3) is 4.80. The Labute approximate surface area is 196 Å². The van der Waals surface area contributed by atoms with Crippen molar-refractivity contribution in [3.8, 4) is 5.75 Å². The van der Waals surface area contributed by atoms with Gasteiger partial charge in [-0.1, -0.05) is 36.4 Å². The van der Waals surface area contributed by atoms with Crippen molar-refractivity contribution in [1.82, 2.24) is 9.91 Å². The highest BCUT2D eigenvalue weighted by Gasteiger charge is 2.34. The molecule has 0 N–H and O–H groups in total. The number of amides is 2. The molecule has 3 aromatic rings. The zero-order valence-electron chi connectivity index (χ0n) is 18.7. The molecule has 8 heteroatoms. The third-order valence-corrected chi connectivity index (χ3v) is 5.64. The van der Waals surface area contributed by atoms with Crippen LogP contribution in [0.15, 0.2) is 77.9 Å². The number of halogens is 2. The minimum absolute atomic E-state index is 0.138. The average molecular weight is 463 g/mol. The molecular weight excluding hydrogens is 440 g/mol. The third-order valence-electron chi connectivity index (χ3n) is 5.64. The normalized spacial score (nSPS) is 15.1. The first-order valence-electron chi connectivity index (χ1n) is 10.7. The largest absolute Gasteiger partial charge is 0.497 e. The number of carbonyl (C=O) groups is 2. The van der Waals surface area contributed by atoms with Gasteiger partial charge in [0, 0.05) is 24.6 Å².